The van der Waals surface area contributed by atoms with Gasteiger partial charge in [0.15, 0.2) is 0 Å². The van der Waals surface area contributed by atoms with Gasteiger partial charge < -0.3 is 15.0 Å². The molecule has 2 amide bonds. The van der Waals surface area contributed by atoms with Crippen LogP contribution >= 0.6 is 11.6 Å². The van der Waals surface area contributed by atoms with Crippen molar-refractivity contribution in [3.05, 3.63) is 29.8 Å². The van der Waals surface area contributed by atoms with Crippen molar-refractivity contribution >= 4 is 23.4 Å². The van der Waals surface area contributed by atoms with Gasteiger partial charge in [-0.2, -0.15) is 0 Å². The van der Waals surface area contributed by atoms with Crippen LogP contribution in [0.1, 0.15) is 83.2 Å². The number of benzene rings is 1. The van der Waals surface area contributed by atoms with E-state index in [-0.39, 0.29) is 23.7 Å². The van der Waals surface area contributed by atoms with Crippen molar-refractivity contribution in [1.29, 1.82) is 0 Å². The van der Waals surface area contributed by atoms with Crippen LogP contribution in [0.15, 0.2) is 24.3 Å². The molecule has 0 spiro atoms. The lowest BCUT2D eigenvalue weighted by atomic mass is 9.94. The Kier molecular flexibility index (Phi) is 11.2. The Hall–Kier alpha value is -1.75. The number of hydrogen-bond donors (Lipinski definition) is 1. The highest BCUT2D eigenvalue weighted by molar-refractivity contribution is 6.27. The number of nitrogens with one attached hydrogen (secondary N) is 1. The smallest absolute Gasteiger partial charge is 0.247 e. The summed E-state index contributed by atoms with van der Waals surface area (Å²) in [5, 5.41) is 3.23. The number of halogens is 1. The fraction of sp³-hybridized carbons (Fsp3) is 0.680. The lowest BCUT2D eigenvalue weighted by Gasteiger charge is -2.35. The van der Waals surface area contributed by atoms with Crippen LogP contribution in [0.5, 0.6) is 5.75 Å². The zero-order valence-electron chi connectivity index (χ0n) is 19.4. The zero-order valence-corrected chi connectivity index (χ0v) is 20.1. The molecule has 1 aliphatic rings. The van der Waals surface area contributed by atoms with E-state index in [0.29, 0.717) is 12.5 Å². The number of nitrogens with zero attached hydrogens (tertiary/aromatic N) is 1. The molecule has 31 heavy (non-hydrogen) atoms. The molecule has 1 aromatic carbocycles. The van der Waals surface area contributed by atoms with Gasteiger partial charge in [0.1, 0.15) is 17.7 Å². The number of carbonyl (C=O) groups is 2. The third kappa shape index (κ3) is 7.71. The molecule has 2 atom stereocenters. The summed E-state index contributed by atoms with van der Waals surface area (Å²) in [5.74, 6) is 0.625. The first-order valence-electron chi connectivity index (χ1n) is 11.8. The topological polar surface area (TPSA) is 58.6 Å². The molecule has 0 unspecified atom stereocenters. The van der Waals surface area contributed by atoms with Gasteiger partial charge in [-0.25, -0.2) is 0 Å². The third-order valence-corrected chi connectivity index (χ3v) is 6.60. The van der Waals surface area contributed by atoms with E-state index >= 15 is 0 Å². The second-order valence-corrected chi connectivity index (χ2v) is 8.88. The number of alkyl halides is 1. The highest BCUT2D eigenvalue weighted by Crippen LogP contribution is 2.28. The molecule has 1 saturated carbocycles. The average Bonchev–Trinajstić information content (AvgIpc) is 2.81. The fourth-order valence-corrected chi connectivity index (χ4v) is 4.56. The summed E-state index contributed by atoms with van der Waals surface area (Å²) in [6.07, 6.45) is 9.73. The van der Waals surface area contributed by atoms with Crippen LogP contribution in [0, 0.1) is 5.92 Å². The molecule has 0 aromatic heterocycles. The molecule has 6 heteroatoms. The summed E-state index contributed by atoms with van der Waals surface area (Å²) in [6, 6.07) is 6.94. The zero-order chi connectivity index (χ0) is 22.6. The van der Waals surface area contributed by atoms with Crippen LogP contribution in [0.4, 0.5) is 0 Å². The molecule has 1 aliphatic carbocycles. The number of hydrogen-bond acceptors (Lipinski definition) is 3. The van der Waals surface area contributed by atoms with Gasteiger partial charge in [0.2, 0.25) is 11.8 Å². The molecule has 2 rings (SSSR count). The number of methoxy groups -OCH3 is 1. The van der Waals surface area contributed by atoms with Crippen molar-refractivity contribution in [1.82, 2.24) is 10.2 Å². The van der Waals surface area contributed by atoms with Gasteiger partial charge in [-0.1, -0.05) is 64.5 Å². The van der Waals surface area contributed by atoms with Gasteiger partial charge in [0.25, 0.3) is 0 Å². The number of carbonyl (C=O) groups excluding carboxylic acids is 2. The van der Waals surface area contributed by atoms with E-state index in [1.165, 1.54) is 6.42 Å². The van der Waals surface area contributed by atoms with Crippen LogP contribution in [0.25, 0.3) is 0 Å². The number of ether oxygens (including phenoxy) is 1. The maximum Gasteiger partial charge on any atom is 0.247 e. The summed E-state index contributed by atoms with van der Waals surface area (Å²) in [7, 11) is 1.62. The second-order valence-electron chi connectivity index (χ2n) is 8.62. The Labute approximate surface area is 192 Å². The minimum atomic E-state index is -0.685. The first kappa shape index (κ1) is 25.5. The monoisotopic (exact) mass is 450 g/mol. The Balaban J connectivity index is 2.33. The molecule has 0 bridgehead atoms. The largest absolute Gasteiger partial charge is 0.497 e. The van der Waals surface area contributed by atoms with Crippen LogP contribution in [0.3, 0.4) is 0 Å². The molecule has 174 valence electrons. The molecular formula is C25H39ClN2O3. The standard InChI is InChI=1S/C25H39ClN2O3/c1-4-6-10-19(5-2)18-28(23(29)17-26)24(20-13-15-22(31-3)16-14-20)25(30)27-21-11-8-7-9-12-21/h13-16,19,21,24H,4-12,17-18H2,1-3H3,(H,27,30)/t19-,24+/m0/s1. The van der Waals surface area contributed by atoms with Crippen molar-refractivity contribution in [2.75, 3.05) is 19.5 Å². The maximum absolute atomic E-state index is 13.5. The predicted molar refractivity (Wildman–Crippen MR) is 126 cm³/mol. The molecule has 0 saturated heterocycles. The summed E-state index contributed by atoms with van der Waals surface area (Å²) in [5.41, 5.74) is 0.790. The minimum absolute atomic E-state index is 0.110. The molecule has 1 aromatic rings. The van der Waals surface area contributed by atoms with Gasteiger partial charge in [-0.3, -0.25) is 9.59 Å². The Morgan fingerprint density at radius 3 is 2.39 bits per heavy atom. The predicted octanol–water partition coefficient (Wildman–Crippen LogP) is 5.47. The third-order valence-electron chi connectivity index (χ3n) is 6.38. The maximum atomic E-state index is 13.5. The SMILES string of the molecule is CCCC[C@H](CC)CN(C(=O)CCl)[C@@H](C(=O)NC1CCCCC1)c1ccc(OC)cc1. The lowest BCUT2D eigenvalue weighted by molar-refractivity contribution is -0.140. The Morgan fingerprint density at radius 1 is 1.16 bits per heavy atom. The summed E-state index contributed by atoms with van der Waals surface area (Å²) in [4.78, 5) is 28.2. The molecule has 5 nitrogen and oxygen atoms in total. The van der Waals surface area contributed by atoms with Crippen LogP contribution < -0.4 is 10.1 Å². The molecule has 1 fully saturated rings. The molecular weight excluding hydrogens is 412 g/mol. The van der Waals surface area contributed by atoms with E-state index in [9.17, 15) is 9.59 Å². The second kappa shape index (κ2) is 13.6. The fourth-order valence-electron chi connectivity index (χ4n) is 4.41. The number of rotatable bonds is 12. The first-order valence-corrected chi connectivity index (χ1v) is 12.4. The summed E-state index contributed by atoms with van der Waals surface area (Å²) >= 11 is 6.01. The van der Waals surface area contributed by atoms with Crippen LogP contribution in [0.2, 0.25) is 0 Å². The summed E-state index contributed by atoms with van der Waals surface area (Å²) < 4.78 is 5.28. The van der Waals surface area contributed by atoms with Gasteiger partial charge in [-0.15, -0.1) is 11.6 Å². The van der Waals surface area contributed by atoms with Gasteiger partial charge in [-0.05, 0) is 42.9 Å². The quantitative estimate of drug-likeness (QED) is 0.429. The van der Waals surface area contributed by atoms with E-state index in [2.05, 4.69) is 19.2 Å². The van der Waals surface area contributed by atoms with Crippen molar-refractivity contribution in [2.45, 2.75) is 83.7 Å². The molecule has 0 aliphatic heterocycles. The Morgan fingerprint density at radius 2 is 1.84 bits per heavy atom. The van der Waals surface area contributed by atoms with Crippen molar-refractivity contribution in [3.8, 4) is 5.75 Å². The highest BCUT2D eigenvalue weighted by Gasteiger charge is 2.33. The lowest BCUT2D eigenvalue weighted by Crippen LogP contribution is -2.48. The van der Waals surface area contributed by atoms with Crippen LogP contribution in [-0.4, -0.2) is 42.3 Å². The minimum Gasteiger partial charge on any atom is -0.497 e. The normalized spacial score (nSPS) is 16.4. The highest BCUT2D eigenvalue weighted by atomic mass is 35.5. The van der Waals surface area contributed by atoms with Crippen molar-refractivity contribution < 1.29 is 14.3 Å². The van der Waals surface area contributed by atoms with E-state index in [1.807, 2.05) is 24.3 Å². The number of unbranched alkanes of at least 4 members (excludes halogenated alkanes) is 1. The molecule has 0 heterocycles. The van der Waals surface area contributed by atoms with E-state index in [1.54, 1.807) is 12.0 Å². The van der Waals surface area contributed by atoms with E-state index < -0.39 is 6.04 Å². The van der Waals surface area contributed by atoms with Crippen molar-refractivity contribution in [3.63, 3.8) is 0 Å². The van der Waals surface area contributed by atoms with E-state index in [4.69, 9.17) is 16.3 Å². The van der Waals surface area contributed by atoms with Crippen molar-refractivity contribution in [2.24, 2.45) is 5.92 Å². The first-order chi connectivity index (χ1) is 15.0. The van der Waals surface area contributed by atoms with Gasteiger partial charge in [0, 0.05) is 12.6 Å². The van der Waals surface area contributed by atoms with Crippen LogP contribution in [-0.2, 0) is 9.59 Å². The van der Waals surface area contributed by atoms with E-state index in [0.717, 1.165) is 62.7 Å². The Bertz CT molecular complexity index is 674. The molecule has 1 N–H and O–H groups in total. The van der Waals surface area contributed by atoms with Gasteiger partial charge in [0.05, 0.1) is 7.11 Å². The molecule has 0 radical (unpaired) electrons. The average molecular weight is 451 g/mol. The number of amides is 2. The van der Waals surface area contributed by atoms with Gasteiger partial charge >= 0.3 is 0 Å². The summed E-state index contributed by atoms with van der Waals surface area (Å²) in [6.45, 7) is 4.86.